The highest BCUT2D eigenvalue weighted by atomic mass is 35.5. The number of benzene rings is 2. The van der Waals surface area contributed by atoms with E-state index < -0.39 is 87.7 Å². The van der Waals surface area contributed by atoms with Gasteiger partial charge >= 0.3 is 0 Å². The maximum Gasteiger partial charge on any atom is 0.293 e. The lowest BCUT2D eigenvalue weighted by atomic mass is 10.0. The summed E-state index contributed by atoms with van der Waals surface area (Å²) in [4.78, 5) is 42.4. The number of nitrogens with one attached hydrogen (secondary N) is 2. The number of pyridine rings is 2. The lowest BCUT2D eigenvalue weighted by Gasteiger charge is -2.24. The molecule has 5 aromatic heterocycles. The Morgan fingerprint density at radius 1 is 1.05 bits per heavy atom. The average Bonchev–Trinajstić information content (AvgIpc) is 3.75. The number of anilines is 1. The summed E-state index contributed by atoms with van der Waals surface area (Å²) in [7, 11) is -2.49. The first-order valence-electron chi connectivity index (χ1n) is 19.0. The van der Waals surface area contributed by atoms with E-state index in [-0.39, 0.29) is 74.3 Å². The molecule has 2 aliphatic carbocycles. The summed E-state index contributed by atoms with van der Waals surface area (Å²) in [5.74, 6) is -9.24. The van der Waals surface area contributed by atoms with E-state index in [0.717, 1.165) is 23.0 Å². The Morgan fingerprint density at radius 2 is 1.81 bits per heavy atom. The second-order valence-electron chi connectivity index (χ2n) is 15.2. The van der Waals surface area contributed by atoms with E-state index >= 15 is 8.78 Å². The van der Waals surface area contributed by atoms with E-state index in [9.17, 15) is 35.6 Å². The van der Waals surface area contributed by atoms with Crippen LogP contribution in [0.3, 0.4) is 0 Å². The molecule has 0 radical (unpaired) electrons. The van der Waals surface area contributed by atoms with Crippen molar-refractivity contribution in [1.82, 2.24) is 44.4 Å². The zero-order valence-corrected chi connectivity index (χ0v) is 34.2. The second kappa shape index (κ2) is 15.4. The van der Waals surface area contributed by atoms with Gasteiger partial charge in [0.2, 0.25) is 21.8 Å². The van der Waals surface area contributed by atoms with Crippen LogP contribution in [0, 0.1) is 17.6 Å². The number of carbonyl (C=O) groups excluding carboxylic acids is 1. The van der Waals surface area contributed by atoms with Crippen molar-refractivity contribution in [2.45, 2.75) is 50.3 Å². The molecule has 0 unspecified atom stereocenters. The number of aryl methyl sites for hydroxylation is 1. The Balaban J connectivity index is 1.22. The number of hydrogen-bond acceptors (Lipinski definition) is 10. The molecule has 63 heavy (non-hydrogen) atoms. The molecule has 7 aromatic rings. The highest BCUT2D eigenvalue weighted by molar-refractivity contribution is 7.92. The molecule has 0 saturated heterocycles. The molecule has 23 heteroatoms. The topological polar surface area (TPSA) is 181 Å². The molecule has 326 valence electrons. The number of ether oxygens (including phenoxy) is 1. The molecule has 2 aliphatic rings. The van der Waals surface area contributed by atoms with Crippen molar-refractivity contribution >= 4 is 55.3 Å². The lowest BCUT2D eigenvalue weighted by molar-refractivity contribution is -0.123. The number of halogens is 7. The number of sulfonamides is 1. The van der Waals surface area contributed by atoms with Gasteiger partial charge in [-0.25, -0.2) is 31.0 Å². The van der Waals surface area contributed by atoms with E-state index in [2.05, 4.69) is 30.2 Å². The third kappa shape index (κ3) is 7.70. The monoisotopic (exact) mass is 912 g/mol. The number of amides is 1. The number of fused-ring (bicyclic) bond motifs is 5. The molecule has 5 heterocycles. The van der Waals surface area contributed by atoms with Gasteiger partial charge in [-0.3, -0.25) is 33.2 Å². The van der Waals surface area contributed by atoms with Crippen molar-refractivity contribution in [2.75, 3.05) is 11.0 Å². The standard InChI is InChI=1S/C40H31ClF6N10O5S/c1-55-33-27(8-7-25(41)31(33)37(53-55)54-63(2,60)61)57-38(51-36-22(39(57)59)6-9-29(50-36)62-17-21-5-3-4-10-48-21)26(13-18-11-19(42)14-20(43)12-18)49-28(58)16-56-34-30(32(52-56)35(44)45)23-15-24(23)40(34,46)47/h3-12,14,23-24,26,35H,13,15-17H2,1-2H3,(H,49,58)(H,53,54)/t23-,24+,26-/m0/s1. The minimum Gasteiger partial charge on any atom is -0.471 e. The van der Waals surface area contributed by atoms with Gasteiger partial charge in [-0.1, -0.05) is 17.7 Å². The van der Waals surface area contributed by atoms with E-state index in [0.29, 0.717) is 16.4 Å². The quantitative estimate of drug-likeness (QED) is 0.123. The van der Waals surface area contributed by atoms with Gasteiger partial charge in [0.25, 0.3) is 17.9 Å². The largest absolute Gasteiger partial charge is 0.471 e. The maximum absolute atomic E-state index is 15.5. The third-order valence-corrected chi connectivity index (χ3v) is 11.6. The number of aromatic nitrogens is 8. The normalized spacial score (nSPS) is 16.9. The molecule has 1 amide bonds. The summed E-state index contributed by atoms with van der Waals surface area (Å²) in [6.45, 7) is -1.04. The number of carbonyl (C=O) groups is 1. The van der Waals surface area contributed by atoms with Crippen LogP contribution < -0.4 is 20.3 Å². The smallest absolute Gasteiger partial charge is 0.293 e. The zero-order chi connectivity index (χ0) is 44.7. The number of rotatable bonds is 13. The average molecular weight is 913 g/mol. The molecule has 0 spiro atoms. The van der Waals surface area contributed by atoms with Crippen LogP contribution in [0.15, 0.2) is 71.7 Å². The second-order valence-corrected chi connectivity index (χ2v) is 17.3. The highest BCUT2D eigenvalue weighted by Gasteiger charge is 2.67. The van der Waals surface area contributed by atoms with Gasteiger partial charge in [-0.2, -0.15) is 24.0 Å². The fraction of sp³-hybridized carbons (Fsp3) is 0.275. The van der Waals surface area contributed by atoms with Gasteiger partial charge in [0.05, 0.1) is 45.0 Å². The molecular weight excluding hydrogens is 882 g/mol. The summed E-state index contributed by atoms with van der Waals surface area (Å²) < 4.78 is 124. The summed E-state index contributed by atoms with van der Waals surface area (Å²) >= 11 is 6.61. The predicted octanol–water partition coefficient (Wildman–Crippen LogP) is 6.39. The maximum atomic E-state index is 15.5. The van der Waals surface area contributed by atoms with Gasteiger partial charge in [0, 0.05) is 43.3 Å². The fourth-order valence-electron chi connectivity index (χ4n) is 8.16. The van der Waals surface area contributed by atoms with Gasteiger partial charge < -0.3 is 10.1 Å². The molecular formula is C40H31ClF6N10O5S. The van der Waals surface area contributed by atoms with Gasteiger partial charge in [0.15, 0.2) is 11.5 Å². The summed E-state index contributed by atoms with van der Waals surface area (Å²) in [5, 5.41) is 10.6. The molecule has 2 N–H and O–H groups in total. The number of hydrogen-bond donors (Lipinski definition) is 2. The molecule has 2 aromatic carbocycles. The van der Waals surface area contributed by atoms with Crippen molar-refractivity contribution in [3.63, 3.8) is 0 Å². The number of nitrogens with zero attached hydrogens (tertiary/aromatic N) is 8. The number of alkyl halides is 4. The Bertz CT molecular complexity index is 3160. The minimum absolute atomic E-state index is 0.00472. The zero-order valence-electron chi connectivity index (χ0n) is 32.7. The van der Waals surface area contributed by atoms with Crippen LogP contribution in [0.4, 0.5) is 32.2 Å². The molecule has 0 bridgehead atoms. The predicted molar refractivity (Wildman–Crippen MR) is 214 cm³/mol. The van der Waals surface area contributed by atoms with E-state index in [1.165, 1.54) is 36.0 Å². The van der Waals surface area contributed by atoms with Gasteiger partial charge in [-0.15, -0.1) is 0 Å². The Morgan fingerprint density at radius 3 is 2.51 bits per heavy atom. The van der Waals surface area contributed by atoms with Crippen LogP contribution in [0.25, 0.3) is 27.6 Å². The third-order valence-electron chi connectivity index (χ3n) is 10.7. The molecule has 1 fully saturated rings. The van der Waals surface area contributed by atoms with Gasteiger partial charge in [0.1, 0.15) is 42.0 Å². The lowest BCUT2D eigenvalue weighted by Crippen LogP contribution is -2.38. The van der Waals surface area contributed by atoms with E-state index in [1.54, 1.807) is 24.4 Å². The van der Waals surface area contributed by atoms with Crippen LogP contribution >= 0.6 is 11.6 Å². The van der Waals surface area contributed by atoms with Gasteiger partial charge in [-0.05, 0) is 60.4 Å². The van der Waals surface area contributed by atoms with Crippen molar-refractivity contribution in [3.8, 4) is 11.6 Å². The van der Waals surface area contributed by atoms with Crippen LogP contribution in [0.1, 0.15) is 58.8 Å². The molecule has 1 saturated carbocycles. The summed E-state index contributed by atoms with van der Waals surface area (Å²) in [5.41, 5.74) is -2.48. The SMILES string of the molecule is Cn1nc(NS(C)(=O)=O)c2c(Cl)ccc(-n3c([C@H](Cc4cc(F)cc(F)c4)NC(=O)Cn4nc(C(F)F)c5c4C(F)(F)[C@@H]4C[C@H]54)nc4nc(OCc5ccccn5)ccc4c3=O)c21. The van der Waals surface area contributed by atoms with Crippen molar-refractivity contribution in [2.24, 2.45) is 13.0 Å². The Hall–Kier alpha value is -6.55. The van der Waals surface area contributed by atoms with Crippen LogP contribution in [0.2, 0.25) is 5.02 Å². The van der Waals surface area contributed by atoms with Crippen LogP contribution in [-0.4, -0.2) is 59.7 Å². The summed E-state index contributed by atoms with van der Waals surface area (Å²) in [6, 6.07) is 11.6. The van der Waals surface area contributed by atoms with Crippen molar-refractivity contribution < 1.29 is 44.3 Å². The Kier molecular flexibility index (Phi) is 10.2. The molecule has 15 nitrogen and oxygen atoms in total. The summed E-state index contributed by atoms with van der Waals surface area (Å²) in [6.07, 6.45) is -1.29. The van der Waals surface area contributed by atoms with Crippen molar-refractivity contribution in [1.29, 1.82) is 0 Å². The Labute approximate surface area is 356 Å². The minimum atomic E-state index is -3.92. The molecule has 3 atom stereocenters. The molecule has 9 rings (SSSR count). The highest BCUT2D eigenvalue weighted by Crippen LogP contribution is 2.68. The van der Waals surface area contributed by atoms with Crippen LogP contribution in [0.5, 0.6) is 5.88 Å². The van der Waals surface area contributed by atoms with E-state index in [1.807, 2.05) is 0 Å². The van der Waals surface area contributed by atoms with Crippen LogP contribution in [-0.2, 0) is 47.4 Å². The molecule has 0 aliphatic heterocycles. The fourth-order valence-corrected chi connectivity index (χ4v) is 8.89. The first-order valence-corrected chi connectivity index (χ1v) is 21.3. The first-order chi connectivity index (χ1) is 29.9. The van der Waals surface area contributed by atoms with E-state index in [4.69, 9.17) is 21.3 Å². The van der Waals surface area contributed by atoms with Crippen molar-refractivity contribution in [3.05, 3.63) is 128 Å². The first kappa shape index (κ1) is 41.8.